The molecule has 0 saturated heterocycles. The van der Waals surface area contributed by atoms with Crippen molar-refractivity contribution < 1.29 is 4.79 Å². The monoisotopic (exact) mass is 400 g/mol. The van der Waals surface area contributed by atoms with Crippen LogP contribution in [0.2, 0.25) is 0 Å². The van der Waals surface area contributed by atoms with Crippen LogP contribution in [0.5, 0.6) is 0 Å². The molecule has 0 amide bonds. The predicted molar refractivity (Wildman–Crippen MR) is 116 cm³/mol. The number of carbonyl (C=O) groups is 1. The second kappa shape index (κ2) is 9.69. The molecule has 0 aliphatic rings. The standard InChI is InChI=1S/C22H32N4O3/c1-6-12-26-20(23)18(21(28)25(5)22(26)29)17(27)13-24-19(14(3)4)16-10-8-15(7-2)9-11-16/h8-11,14,19,24H,6-7,12-13,23H2,1-5H3/t19-/m0/s1. The lowest BCUT2D eigenvalue weighted by molar-refractivity contribution is 0.0982. The Morgan fingerprint density at radius 3 is 2.28 bits per heavy atom. The molecule has 1 aromatic carbocycles. The number of Topliss-reactive ketones (excluding diaryl/α,β-unsaturated/α-hetero) is 1. The van der Waals surface area contributed by atoms with Crippen molar-refractivity contribution in [3.8, 4) is 0 Å². The van der Waals surface area contributed by atoms with E-state index in [-0.39, 0.29) is 29.9 Å². The van der Waals surface area contributed by atoms with Crippen molar-refractivity contribution in [3.05, 3.63) is 61.8 Å². The fourth-order valence-corrected chi connectivity index (χ4v) is 3.48. The summed E-state index contributed by atoms with van der Waals surface area (Å²) in [7, 11) is 1.37. The number of aromatic nitrogens is 2. The van der Waals surface area contributed by atoms with Gasteiger partial charge in [0.15, 0.2) is 5.78 Å². The summed E-state index contributed by atoms with van der Waals surface area (Å²) in [5.41, 5.74) is 7.10. The van der Waals surface area contributed by atoms with Gasteiger partial charge in [-0.2, -0.15) is 0 Å². The van der Waals surface area contributed by atoms with Crippen molar-refractivity contribution in [2.45, 2.75) is 53.1 Å². The summed E-state index contributed by atoms with van der Waals surface area (Å²) in [6, 6.07) is 8.26. The van der Waals surface area contributed by atoms with Gasteiger partial charge in [0.05, 0.1) is 6.54 Å². The lowest BCUT2D eigenvalue weighted by atomic mass is 9.94. The van der Waals surface area contributed by atoms with Crippen molar-refractivity contribution >= 4 is 11.6 Å². The molecule has 2 rings (SSSR count). The third-order valence-electron chi connectivity index (χ3n) is 5.21. The quantitative estimate of drug-likeness (QED) is 0.629. The number of nitrogens with two attached hydrogens (primary N) is 1. The van der Waals surface area contributed by atoms with E-state index in [1.165, 1.54) is 17.2 Å². The summed E-state index contributed by atoms with van der Waals surface area (Å²) in [6.07, 6.45) is 1.63. The van der Waals surface area contributed by atoms with Gasteiger partial charge in [-0.15, -0.1) is 0 Å². The highest BCUT2D eigenvalue weighted by Gasteiger charge is 2.23. The van der Waals surface area contributed by atoms with E-state index in [4.69, 9.17) is 5.73 Å². The fourth-order valence-electron chi connectivity index (χ4n) is 3.48. The van der Waals surface area contributed by atoms with Crippen molar-refractivity contribution in [3.63, 3.8) is 0 Å². The maximum absolute atomic E-state index is 12.9. The third kappa shape index (κ3) is 4.85. The lowest BCUT2D eigenvalue weighted by Crippen LogP contribution is -2.44. The van der Waals surface area contributed by atoms with Gasteiger partial charge in [0.25, 0.3) is 5.56 Å². The zero-order valence-electron chi connectivity index (χ0n) is 18.0. The van der Waals surface area contributed by atoms with E-state index < -0.39 is 17.0 Å². The molecule has 3 N–H and O–H groups in total. The van der Waals surface area contributed by atoms with Crippen LogP contribution in [0.3, 0.4) is 0 Å². The Labute approximate surface area is 171 Å². The molecule has 158 valence electrons. The second-order valence-corrected chi connectivity index (χ2v) is 7.68. The normalized spacial score (nSPS) is 12.3. The number of anilines is 1. The smallest absolute Gasteiger partial charge is 0.332 e. The number of hydrogen-bond donors (Lipinski definition) is 2. The summed E-state index contributed by atoms with van der Waals surface area (Å²) in [5, 5.41) is 3.27. The Kier molecular flexibility index (Phi) is 7.56. The van der Waals surface area contributed by atoms with Crippen molar-refractivity contribution in [1.29, 1.82) is 0 Å². The van der Waals surface area contributed by atoms with Crippen LogP contribution in [-0.2, 0) is 20.0 Å². The van der Waals surface area contributed by atoms with Crippen LogP contribution in [-0.4, -0.2) is 21.5 Å². The molecule has 29 heavy (non-hydrogen) atoms. The van der Waals surface area contributed by atoms with Crippen LogP contribution < -0.4 is 22.3 Å². The minimum absolute atomic E-state index is 0.0395. The van der Waals surface area contributed by atoms with E-state index in [0.717, 1.165) is 16.6 Å². The maximum atomic E-state index is 12.9. The molecule has 0 fully saturated rings. The molecule has 0 bridgehead atoms. The maximum Gasteiger partial charge on any atom is 0.332 e. The van der Waals surface area contributed by atoms with E-state index in [1.54, 1.807) is 0 Å². The summed E-state index contributed by atoms with van der Waals surface area (Å²) in [5.74, 6) is -0.228. The van der Waals surface area contributed by atoms with E-state index in [1.807, 2.05) is 6.92 Å². The van der Waals surface area contributed by atoms with Gasteiger partial charge in [0, 0.05) is 19.6 Å². The van der Waals surface area contributed by atoms with E-state index in [0.29, 0.717) is 13.0 Å². The van der Waals surface area contributed by atoms with E-state index in [2.05, 4.69) is 50.4 Å². The van der Waals surface area contributed by atoms with Gasteiger partial charge in [-0.1, -0.05) is 52.0 Å². The fraction of sp³-hybridized carbons (Fsp3) is 0.500. The molecule has 1 heterocycles. The Balaban J connectivity index is 2.31. The Morgan fingerprint density at radius 2 is 1.76 bits per heavy atom. The van der Waals surface area contributed by atoms with Crippen molar-refractivity contribution in [2.75, 3.05) is 12.3 Å². The van der Waals surface area contributed by atoms with Crippen LogP contribution in [0, 0.1) is 5.92 Å². The molecule has 2 aromatic rings. The minimum atomic E-state index is -0.653. The number of aryl methyl sites for hydroxylation is 1. The zero-order chi connectivity index (χ0) is 21.7. The van der Waals surface area contributed by atoms with Crippen molar-refractivity contribution in [2.24, 2.45) is 13.0 Å². The summed E-state index contributed by atoms with van der Waals surface area (Å²) < 4.78 is 2.24. The molecule has 1 atom stereocenters. The minimum Gasteiger partial charge on any atom is -0.384 e. The van der Waals surface area contributed by atoms with Gasteiger partial charge < -0.3 is 11.1 Å². The number of ketones is 1. The molecule has 7 heteroatoms. The van der Waals surface area contributed by atoms with Crippen LogP contribution in [0.4, 0.5) is 5.82 Å². The van der Waals surface area contributed by atoms with Crippen LogP contribution in [0.15, 0.2) is 33.9 Å². The van der Waals surface area contributed by atoms with Crippen LogP contribution in [0.1, 0.15) is 61.6 Å². The first-order chi connectivity index (χ1) is 13.7. The average molecular weight is 401 g/mol. The predicted octanol–water partition coefficient (Wildman–Crippen LogP) is 2.27. The third-order valence-corrected chi connectivity index (χ3v) is 5.21. The first-order valence-electron chi connectivity index (χ1n) is 10.2. The van der Waals surface area contributed by atoms with Crippen LogP contribution >= 0.6 is 0 Å². The SMILES string of the molecule is CCCn1c(N)c(C(=O)CN[C@H](c2ccc(CC)cc2)C(C)C)c(=O)n(C)c1=O. The first-order valence-corrected chi connectivity index (χ1v) is 10.2. The largest absolute Gasteiger partial charge is 0.384 e. The molecule has 7 nitrogen and oxygen atoms in total. The van der Waals surface area contributed by atoms with Gasteiger partial charge in [-0.25, -0.2) is 4.79 Å². The highest BCUT2D eigenvalue weighted by atomic mass is 16.2. The Morgan fingerprint density at radius 1 is 1.14 bits per heavy atom. The number of nitrogens with one attached hydrogen (secondary N) is 1. The highest BCUT2D eigenvalue weighted by Crippen LogP contribution is 2.22. The number of carbonyl (C=O) groups excluding carboxylic acids is 1. The van der Waals surface area contributed by atoms with Crippen molar-refractivity contribution in [1.82, 2.24) is 14.5 Å². The molecule has 0 spiro atoms. The number of nitrogen functional groups attached to an aromatic ring is 1. The Hall–Kier alpha value is -2.67. The molecule has 0 saturated carbocycles. The summed E-state index contributed by atoms with van der Waals surface area (Å²) in [4.78, 5) is 37.7. The molecule has 0 aliphatic carbocycles. The Bertz CT molecular complexity index is 971. The molecule has 0 unspecified atom stereocenters. The summed E-state index contributed by atoms with van der Waals surface area (Å²) in [6.45, 7) is 8.47. The number of benzene rings is 1. The van der Waals surface area contributed by atoms with E-state index >= 15 is 0 Å². The number of nitrogens with zero attached hydrogens (tertiary/aromatic N) is 2. The van der Waals surface area contributed by atoms with Crippen LogP contribution in [0.25, 0.3) is 0 Å². The van der Waals surface area contributed by atoms with E-state index in [9.17, 15) is 14.4 Å². The number of rotatable bonds is 9. The van der Waals surface area contributed by atoms with Gasteiger partial charge in [0.2, 0.25) is 0 Å². The van der Waals surface area contributed by atoms with Gasteiger partial charge >= 0.3 is 5.69 Å². The molecule has 0 radical (unpaired) electrons. The zero-order valence-corrected chi connectivity index (χ0v) is 18.0. The van der Waals surface area contributed by atoms with Gasteiger partial charge in [-0.3, -0.25) is 18.7 Å². The first kappa shape index (κ1) is 22.6. The number of hydrogen-bond acceptors (Lipinski definition) is 5. The molecule has 0 aliphatic heterocycles. The lowest BCUT2D eigenvalue weighted by Gasteiger charge is -2.23. The summed E-state index contributed by atoms with van der Waals surface area (Å²) >= 11 is 0. The average Bonchev–Trinajstić information content (AvgIpc) is 2.70. The molecular formula is C22H32N4O3. The molecule has 1 aromatic heterocycles. The second-order valence-electron chi connectivity index (χ2n) is 7.68. The van der Waals surface area contributed by atoms with Gasteiger partial charge in [0.1, 0.15) is 11.4 Å². The van der Waals surface area contributed by atoms with Gasteiger partial charge in [-0.05, 0) is 29.9 Å². The topological polar surface area (TPSA) is 99.1 Å². The highest BCUT2D eigenvalue weighted by molar-refractivity contribution is 6.01. The molecular weight excluding hydrogens is 368 g/mol.